The normalized spacial score (nSPS) is 11.2. The first-order valence-electron chi connectivity index (χ1n) is 9.40. The van der Waals surface area contributed by atoms with Gasteiger partial charge in [-0.15, -0.1) is 0 Å². The topological polar surface area (TPSA) is 45.7 Å². The molecule has 8 heteroatoms. The minimum Gasteiger partial charge on any atom is -0.497 e. The van der Waals surface area contributed by atoms with Crippen molar-refractivity contribution in [1.29, 1.82) is 0 Å². The summed E-state index contributed by atoms with van der Waals surface area (Å²) in [4.78, 5) is 22.0. The second-order valence-corrected chi connectivity index (χ2v) is 8.35. The minimum atomic E-state index is -0.174. The summed E-state index contributed by atoms with van der Waals surface area (Å²) >= 11 is 13.7. The van der Waals surface area contributed by atoms with Crippen molar-refractivity contribution in [2.24, 2.45) is 0 Å². The number of hydrogen-bond acceptors (Lipinski definition) is 5. The van der Waals surface area contributed by atoms with E-state index in [-0.39, 0.29) is 5.91 Å². The molecule has 0 aliphatic carbocycles. The standard InChI is InChI=1S/C21H23Cl2N3O2S/c1-4-25(5-2)8-9-26(20(27)14-10-15(22)12-16(23)11-14)21-24-18-13-17(28-3)6-7-19(18)29-21/h6-7,10-13H,4-5,8-9H2,1-3H3. The molecule has 0 aliphatic rings. The molecule has 3 aromatic rings. The van der Waals surface area contributed by atoms with E-state index in [9.17, 15) is 4.79 Å². The number of ether oxygens (including phenoxy) is 1. The van der Waals surface area contributed by atoms with Gasteiger partial charge in [-0.2, -0.15) is 0 Å². The van der Waals surface area contributed by atoms with E-state index in [1.54, 1.807) is 30.2 Å². The van der Waals surface area contributed by atoms with E-state index < -0.39 is 0 Å². The number of carbonyl (C=O) groups excluding carboxylic acids is 1. The average Bonchev–Trinajstić information content (AvgIpc) is 3.12. The maximum atomic E-state index is 13.4. The molecule has 0 unspecified atom stereocenters. The molecule has 0 aliphatic heterocycles. The summed E-state index contributed by atoms with van der Waals surface area (Å²) in [5.41, 5.74) is 1.24. The number of thiazole rings is 1. The van der Waals surface area contributed by atoms with E-state index in [2.05, 4.69) is 18.7 Å². The lowest BCUT2D eigenvalue weighted by Gasteiger charge is -2.24. The Balaban J connectivity index is 1.99. The Kier molecular flexibility index (Phi) is 7.35. The van der Waals surface area contributed by atoms with Crippen LogP contribution in [0.4, 0.5) is 5.13 Å². The first-order chi connectivity index (χ1) is 13.9. The molecular formula is C21H23Cl2N3O2S. The summed E-state index contributed by atoms with van der Waals surface area (Å²) in [7, 11) is 1.62. The van der Waals surface area contributed by atoms with E-state index in [1.807, 2.05) is 18.2 Å². The van der Waals surface area contributed by atoms with Crippen molar-refractivity contribution in [1.82, 2.24) is 9.88 Å². The Morgan fingerprint density at radius 2 is 1.76 bits per heavy atom. The number of methoxy groups -OCH3 is 1. The molecule has 154 valence electrons. The van der Waals surface area contributed by atoms with Crippen LogP contribution in [0.5, 0.6) is 5.75 Å². The summed E-state index contributed by atoms with van der Waals surface area (Å²) in [6.45, 7) is 7.30. The maximum Gasteiger partial charge on any atom is 0.260 e. The van der Waals surface area contributed by atoms with E-state index >= 15 is 0 Å². The zero-order valence-corrected chi connectivity index (χ0v) is 18.9. The first-order valence-corrected chi connectivity index (χ1v) is 11.0. The number of amides is 1. The van der Waals surface area contributed by atoms with Gasteiger partial charge in [0.1, 0.15) is 5.75 Å². The number of aromatic nitrogens is 1. The van der Waals surface area contributed by atoms with Gasteiger partial charge in [-0.1, -0.05) is 48.4 Å². The third kappa shape index (κ3) is 5.20. The van der Waals surface area contributed by atoms with Crippen LogP contribution < -0.4 is 9.64 Å². The molecule has 2 aromatic carbocycles. The second kappa shape index (κ2) is 9.76. The van der Waals surface area contributed by atoms with Crippen molar-refractivity contribution in [3.05, 3.63) is 52.0 Å². The molecule has 0 atom stereocenters. The molecule has 0 saturated carbocycles. The van der Waals surface area contributed by atoms with Crippen molar-refractivity contribution >= 4 is 55.8 Å². The van der Waals surface area contributed by atoms with Crippen molar-refractivity contribution in [2.75, 3.05) is 38.2 Å². The monoisotopic (exact) mass is 451 g/mol. The third-order valence-corrected chi connectivity index (χ3v) is 6.20. The number of anilines is 1. The fraction of sp³-hybridized carbons (Fsp3) is 0.333. The highest BCUT2D eigenvalue weighted by Crippen LogP contribution is 2.32. The molecule has 29 heavy (non-hydrogen) atoms. The van der Waals surface area contributed by atoms with Crippen LogP contribution >= 0.6 is 34.5 Å². The van der Waals surface area contributed by atoms with Gasteiger partial charge in [-0.05, 0) is 43.4 Å². The number of likely N-dealkylation sites (N-methyl/N-ethyl adjacent to an activating group) is 1. The largest absolute Gasteiger partial charge is 0.497 e. The molecular weight excluding hydrogens is 429 g/mol. The zero-order valence-electron chi connectivity index (χ0n) is 16.6. The molecule has 0 spiro atoms. The molecule has 0 radical (unpaired) electrons. The van der Waals surface area contributed by atoms with Gasteiger partial charge in [0.2, 0.25) is 0 Å². The van der Waals surface area contributed by atoms with Gasteiger partial charge in [0.05, 0.1) is 17.3 Å². The number of nitrogens with zero attached hydrogens (tertiary/aromatic N) is 3. The summed E-state index contributed by atoms with van der Waals surface area (Å²) in [5.74, 6) is 0.560. The van der Waals surface area contributed by atoms with E-state index in [0.29, 0.717) is 27.3 Å². The van der Waals surface area contributed by atoms with Gasteiger partial charge >= 0.3 is 0 Å². The van der Waals surface area contributed by atoms with E-state index in [0.717, 1.165) is 35.6 Å². The third-order valence-electron chi connectivity index (χ3n) is 4.70. The van der Waals surface area contributed by atoms with E-state index in [4.69, 9.17) is 32.9 Å². The summed E-state index contributed by atoms with van der Waals surface area (Å²) in [6, 6.07) is 10.6. The van der Waals surface area contributed by atoms with Crippen molar-refractivity contribution in [3.8, 4) is 5.75 Å². The van der Waals surface area contributed by atoms with Crippen LogP contribution in [0.25, 0.3) is 10.2 Å². The smallest absolute Gasteiger partial charge is 0.260 e. The van der Waals surface area contributed by atoms with Gasteiger partial charge in [0, 0.05) is 34.8 Å². The molecule has 0 saturated heterocycles. The summed E-state index contributed by atoms with van der Waals surface area (Å²) in [6.07, 6.45) is 0. The SMILES string of the molecule is CCN(CC)CCN(C(=O)c1cc(Cl)cc(Cl)c1)c1nc2cc(OC)ccc2s1. The van der Waals surface area contributed by atoms with Gasteiger partial charge < -0.3 is 9.64 Å². The number of halogens is 2. The molecule has 0 bridgehead atoms. The van der Waals surface area contributed by atoms with Crippen LogP contribution in [-0.4, -0.2) is 49.1 Å². The highest BCUT2D eigenvalue weighted by Gasteiger charge is 2.22. The zero-order chi connectivity index (χ0) is 21.0. The number of rotatable bonds is 8. The molecule has 1 aromatic heterocycles. The predicted octanol–water partition coefficient (Wildman–Crippen LogP) is 5.60. The predicted molar refractivity (Wildman–Crippen MR) is 122 cm³/mol. The summed E-state index contributed by atoms with van der Waals surface area (Å²) in [5, 5.41) is 1.50. The van der Waals surface area contributed by atoms with Gasteiger partial charge in [-0.3, -0.25) is 9.69 Å². The summed E-state index contributed by atoms with van der Waals surface area (Å²) < 4.78 is 6.28. The van der Waals surface area contributed by atoms with Crippen LogP contribution in [0.3, 0.4) is 0 Å². The van der Waals surface area contributed by atoms with Gasteiger partial charge in [0.25, 0.3) is 5.91 Å². The Hall–Kier alpha value is -1.86. The van der Waals surface area contributed by atoms with Crippen molar-refractivity contribution in [2.45, 2.75) is 13.8 Å². The highest BCUT2D eigenvalue weighted by atomic mass is 35.5. The highest BCUT2D eigenvalue weighted by molar-refractivity contribution is 7.22. The van der Waals surface area contributed by atoms with Crippen LogP contribution in [0, 0.1) is 0 Å². The molecule has 5 nitrogen and oxygen atoms in total. The van der Waals surface area contributed by atoms with Crippen molar-refractivity contribution < 1.29 is 9.53 Å². The Morgan fingerprint density at radius 3 is 2.38 bits per heavy atom. The second-order valence-electron chi connectivity index (χ2n) is 6.47. The number of hydrogen-bond donors (Lipinski definition) is 0. The fourth-order valence-electron chi connectivity index (χ4n) is 3.04. The molecule has 1 heterocycles. The van der Waals surface area contributed by atoms with Crippen molar-refractivity contribution in [3.63, 3.8) is 0 Å². The number of carbonyl (C=O) groups is 1. The van der Waals surface area contributed by atoms with Crippen LogP contribution in [0.15, 0.2) is 36.4 Å². The van der Waals surface area contributed by atoms with Gasteiger partial charge in [0.15, 0.2) is 5.13 Å². The molecule has 0 N–H and O–H groups in total. The van der Waals surface area contributed by atoms with Gasteiger partial charge in [-0.25, -0.2) is 4.98 Å². The number of fused-ring (bicyclic) bond motifs is 1. The minimum absolute atomic E-state index is 0.174. The quantitative estimate of drug-likeness (QED) is 0.446. The lowest BCUT2D eigenvalue weighted by atomic mass is 10.2. The fourth-order valence-corrected chi connectivity index (χ4v) is 4.53. The van der Waals surface area contributed by atoms with Crippen LogP contribution in [0.2, 0.25) is 10.0 Å². The Morgan fingerprint density at radius 1 is 1.07 bits per heavy atom. The molecule has 1 amide bonds. The first kappa shape index (κ1) is 21.8. The molecule has 3 rings (SSSR count). The lowest BCUT2D eigenvalue weighted by molar-refractivity contribution is 0.0984. The lowest BCUT2D eigenvalue weighted by Crippen LogP contribution is -2.38. The number of benzene rings is 2. The average molecular weight is 452 g/mol. The van der Waals surface area contributed by atoms with Crippen LogP contribution in [-0.2, 0) is 0 Å². The molecule has 0 fully saturated rings. The Labute approximate surface area is 184 Å². The maximum absolute atomic E-state index is 13.4. The van der Waals surface area contributed by atoms with Crippen LogP contribution in [0.1, 0.15) is 24.2 Å². The van der Waals surface area contributed by atoms with E-state index in [1.165, 1.54) is 11.3 Å². The Bertz CT molecular complexity index is 985.